The molecule has 0 aliphatic heterocycles. The van der Waals surface area contributed by atoms with E-state index in [2.05, 4.69) is 14.9 Å². The smallest absolute Gasteiger partial charge is 0.147 e. The Morgan fingerprint density at radius 1 is 1.17 bits per heavy atom. The molecule has 1 aliphatic carbocycles. The molecule has 0 bridgehead atoms. The summed E-state index contributed by atoms with van der Waals surface area (Å²) in [6.07, 6.45) is 9.34. The molecule has 2 rings (SSSR count). The minimum absolute atomic E-state index is 0.0987. The van der Waals surface area contributed by atoms with Gasteiger partial charge in [0.05, 0.1) is 31.3 Å². The molecule has 5 nitrogen and oxygen atoms in total. The van der Waals surface area contributed by atoms with Gasteiger partial charge in [-0.05, 0) is 12.8 Å². The molecule has 1 aromatic heterocycles. The summed E-state index contributed by atoms with van der Waals surface area (Å²) in [5.41, 5.74) is 0.575. The van der Waals surface area contributed by atoms with Crippen LogP contribution >= 0.6 is 0 Å². The zero-order valence-corrected chi connectivity index (χ0v) is 10.6. The molecule has 1 fully saturated rings. The van der Waals surface area contributed by atoms with Gasteiger partial charge in [0.1, 0.15) is 5.82 Å². The molecule has 1 heterocycles. The van der Waals surface area contributed by atoms with E-state index in [0.717, 1.165) is 18.7 Å². The van der Waals surface area contributed by atoms with Crippen molar-refractivity contribution >= 4 is 5.82 Å². The predicted octanol–water partition coefficient (Wildman–Crippen LogP) is 1.10. The largest absolute Gasteiger partial charge is 0.395 e. The van der Waals surface area contributed by atoms with Gasteiger partial charge in [0.25, 0.3) is 0 Å². The highest BCUT2D eigenvalue weighted by Crippen LogP contribution is 2.25. The standard InChI is InChI=1S/C13H21N3O2/c17-7-6-16(12-4-2-1-3-5-12)13-9-14-8-11(10-18)15-13/h8-9,12,17-18H,1-7,10H2. The summed E-state index contributed by atoms with van der Waals surface area (Å²) in [6, 6.07) is 0.439. The first-order chi connectivity index (χ1) is 8.85. The van der Waals surface area contributed by atoms with Gasteiger partial charge in [-0.15, -0.1) is 0 Å². The van der Waals surface area contributed by atoms with E-state index in [1.807, 2.05) is 0 Å². The van der Waals surface area contributed by atoms with Crippen LogP contribution in [0.15, 0.2) is 12.4 Å². The topological polar surface area (TPSA) is 69.5 Å². The molecule has 0 radical (unpaired) electrons. The number of aromatic nitrogens is 2. The number of aliphatic hydroxyl groups is 2. The van der Waals surface area contributed by atoms with Crippen LogP contribution in [0.1, 0.15) is 37.8 Å². The van der Waals surface area contributed by atoms with Gasteiger partial charge in [0, 0.05) is 12.6 Å². The number of rotatable bonds is 5. The molecular weight excluding hydrogens is 230 g/mol. The minimum atomic E-state index is -0.0987. The fourth-order valence-corrected chi connectivity index (χ4v) is 2.59. The second kappa shape index (κ2) is 6.66. The maximum atomic E-state index is 9.22. The predicted molar refractivity (Wildman–Crippen MR) is 69.3 cm³/mol. The Hall–Kier alpha value is -1.20. The van der Waals surface area contributed by atoms with E-state index in [1.165, 1.54) is 19.3 Å². The molecule has 1 aliphatic rings. The van der Waals surface area contributed by atoms with Gasteiger partial charge in [-0.2, -0.15) is 0 Å². The maximum Gasteiger partial charge on any atom is 0.147 e. The van der Waals surface area contributed by atoms with Crippen LogP contribution in [-0.4, -0.2) is 39.4 Å². The quantitative estimate of drug-likeness (QED) is 0.820. The van der Waals surface area contributed by atoms with Crippen molar-refractivity contribution in [3.8, 4) is 0 Å². The summed E-state index contributed by atoms with van der Waals surface area (Å²) in [7, 11) is 0. The lowest BCUT2D eigenvalue weighted by molar-refractivity contribution is 0.275. The number of anilines is 1. The summed E-state index contributed by atoms with van der Waals surface area (Å²) in [5.74, 6) is 0.766. The summed E-state index contributed by atoms with van der Waals surface area (Å²) < 4.78 is 0. The van der Waals surface area contributed by atoms with Gasteiger partial charge in [-0.1, -0.05) is 19.3 Å². The molecule has 1 aromatic rings. The highest BCUT2D eigenvalue weighted by Gasteiger charge is 2.22. The van der Waals surface area contributed by atoms with Gasteiger partial charge in [-0.3, -0.25) is 4.98 Å². The fourth-order valence-electron chi connectivity index (χ4n) is 2.59. The number of hydrogen-bond donors (Lipinski definition) is 2. The average molecular weight is 251 g/mol. The van der Waals surface area contributed by atoms with Crippen molar-refractivity contribution in [1.29, 1.82) is 0 Å². The fraction of sp³-hybridized carbons (Fsp3) is 0.692. The lowest BCUT2D eigenvalue weighted by Crippen LogP contribution is -2.39. The van der Waals surface area contributed by atoms with E-state index in [-0.39, 0.29) is 13.2 Å². The van der Waals surface area contributed by atoms with Crippen LogP contribution < -0.4 is 4.90 Å². The molecule has 100 valence electrons. The van der Waals surface area contributed by atoms with Crippen LogP contribution in [0.25, 0.3) is 0 Å². The van der Waals surface area contributed by atoms with Crippen LogP contribution in [-0.2, 0) is 6.61 Å². The summed E-state index contributed by atoms with van der Waals surface area (Å²) in [5, 5.41) is 18.3. The third kappa shape index (κ3) is 3.17. The monoisotopic (exact) mass is 251 g/mol. The zero-order valence-electron chi connectivity index (χ0n) is 10.6. The molecule has 0 aromatic carbocycles. The van der Waals surface area contributed by atoms with Crippen molar-refractivity contribution in [2.24, 2.45) is 0 Å². The van der Waals surface area contributed by atoms with Crippen molar-refractivity contribution in [3.63, 3.8) is 0 Å². The van der Waals surface area contributed by atoms with E-state index in [0.29, 0.717) is 18.3 Å². The second-order valence-corrected chi connectivity index (χ2v) is 4.74. The molecular formula is C13H21N3O2. The SMILES string of the molecule is OCCN(c1cncc(CO)n1)C1CCCCC1. The minimum Gasteiger partial charge on any atom is -0.395 e. The Kier molecular flexibility index (Phi) is 4.90. The summed E-state index contributed by atoms with van der Waals surface area (Å²) in [6.45, 7) is 0.592. The van der Waals surface area contributed by atoms with Gasteiger partial charge in [-0.25, -0.2) is 4.98 Å². The molecule has 0 amide bonds. The van der Waals surface area contributed by atoms with Gasteiger partial charge in [0.15, 0.2) is 0 Å². The molecule has 5 heteroatoms. The van der Waals surface area contributed by atoms with Crippen LogP contribution in [0.3, 0.4) is 0 Å². The lowest BCUT2D eigenvalue weighted by atomic mass is 9.94. The third-order valence-corrected chi connectivity index (χ3v) is 3.48. The highest BCUT2D eigenvalue weighted by molar-refractivity contribution is 5.38. The van der Waals surface area contributed by atoms with E-state index < -0.39 is 0 Å². The molecule has 0 spiro atoms. The van der Waals surface area contributed by atoms with Crippen LogP contribution in [0.5, 0.6) is 0 Å². The van der Waals surface area contributed by atoms with Gasteiger partial charge < -0.3 is 15.1 Å². The highest BCUT2D eigenvalue weighted by atomic mass is 16.3. The zero-order chi connectivity index (χ0) is 12.8. The molecule has 1 saturated carbocycles. The van der Waals surface area contributed by atoms with Crippen molar-refractivity contribution < 1.29 is 10.2 Å². The van der Waals surface area contributed by atoms with E-state index in [4.69, 9.17) is 5.11 Å². The summed E-state index contributed by atoms with van der Waals surface area (Å²) in [4.78, 5) is 10.6. The van der Waals surface area contributed by atoms with Crippen molar-refractivity contribution in [3.05, 3.63) is 18.1 Å². The average Bonchev–Trinajstić information content (AvgIpc) is 2.46. The summed E-state index contributed by atoms with van der Waals surface area (Å²) >= 11 is 0. The Morgan fingerprint density at radius 3 is 2.61 bits per heavy atom. The molecule has 18 heavy (non-hydrogen) atoms. The van der Waals surface area contributed by atoms with Crippen LogP contribution in [0, 0.1) is 0 Å². The first-order valence-corrected chi connectivity index (χ1v) is 6.64. The normalized spacial score (nSPS) is 16.8. The first kappa shape index (κ1) is 13.2. The van der Waals surface area contributed by atoms with E-state index in [9.17, 15) is 5.11 Å². The van der Waals surface area contributed by atoms with Crippen molar-refractivity contribution in [2.45, 2.75) is 44.8 Å². The van der Waals surface area contributed by atoms with Crippen molar-refractivity contribution in [2.75, 3.05) is 18.1 Å². The van der Waals surface area contributed by atoms with Gasteiger partial charge in [0.2, 0.25) is 0 Å². The molecule has 0 saturated heterocycles. The van der Waals surface area contributed by atoms with E-state index >= 15 is 0 Å². The second-order valence-electron chi connectivity index (χ2n) is 4.74. The number of aliphatic hydroxyl groups excluding tert-OH is 2. The Balaban J connectivity index is 2.16. The van der Waals surface area contributed by atoms with Crippen molar-refractivity contribution in [1.82, 2.24) is 9.97 Å². The van der Waals surface area contributed by atoms with Crippen LogP contribution in [0.2, 0.25) is 0 Å². The lowest BCUT2D eigenvalue weighted by Gasteiger charge is -2.34. The molecule has 2 N–H and O–H groups in total. The molecule has 0 atom stereocenters. The van der Waals surface area contributed by atoms with E-state index in [1.54, 1.807) is 12.4 Å². The first-order valence-electron chi connectivity index (χ1n) is 6.64. The van der Waals surface area contributed by atoms with Gasteiger partial charge >= 0.3 is 0 Å². The Morgan fingerprint density at radius 2 is 1.94 bits per heavy atom. The third-order valence-electron chi connectivity index (χ3n) is 3.48. The number of hydrogen-bond acceptors (Lipinski definition) is 5. The number of nitrogens with zero attached hydrogens (tertiary/aromatic N) is 3. The maximum absolute atomic E-state index is 9.22. The van der Waals surface area contributed by atoms with Crippen LogP contribution in [0.4, 0.5) is 5.82 Å². The Labute approximate surface area is 107 Å². The Bertz CT molecular complexity index is 367. The molecule has 0 unspecified atom stereocenters.